The first-order valence-corrected chi connectivity index (χ1v) is 9.05. The lowest BCUT2D eigenvalue weighted by Crippen LogP contribution is -2.44. The molecule has 1 aliphatic rings. The Balaban J connectivity index is 1.71. The minimum absolute atomic E-state index is 0.0178. The first-order valence-electron chi connectivity index (χ1n) is 9.05. The lowest BCUT2D eigenvalue weighted by Gasteiger charge is -2.22. The van der Waals surface area contributed by atoms with Gasteiger partial charge >= 0.3 is 0 Å². The summed E-state index contributed by atoms with van der Waals surface area (Å²) in [5.41, 5.74) is 0. The van der Waals surface area contributed by atoms with Gasteiger partial charge in [-0.1, -0.05) is 26.0 Å². The van der Waals surface area contributed by atoms with Crippen molar-refractivity contribution >= 4 is 5.91 Å². The van der Waals surface area contributed by atoms with Gasteiger partial charge in [0.2, 0.25) is 5.91 Å². The molecule has 0 aliphatic carbocycles. The smallest absolute Gasteiger partial charge is 0.222 e. The van der Waals surface area contributed by atoms with Crippen LogP contribution in [0.3, 0.4) is 0 Å². The van der Waals surface area contributed by atoms with Crippen LogP contribution in [0.1, 0.15) is 33.1 Å². The SMILES string of the molecule is CC(C)C(=O)N[C@H]1CCN(CCCOc2ccccc2F)CC[C@@H]1O. The van der Waals surface area contributed by atoms with E-state index in [0.29, 0.717) is 13.0 Å². The van der Waals surface area contributed by atoms with Gasteiger partial charge in [-0.25, -0.2) is 4.39 Å². The Labute approximate surface area is 149 Å². The van der Waals surface area contributed by atoms with Crippen LogP contribution in [-0.2, 0) is 4.79 Å². The highest BCUT2D eigenvalue weighted by Gasteiger charge is 2.26. The Morgan fingerprint density at radius 1 is 1.36 bits per heavy atom. The van der Waals surface area contributed by atoms with E-state index in [1.807, 2.05) is 13.8 Å². The minimum Gasteiger partial charge on any atom is -0.490 e. The van der Waals surface area contributed by atoms with Gasteiger partial charge < -0.3 is 20.1 Å². The molecule has 25 heavy (non-hydrogen) atoms. The van der Waals surface area contributed by atoms with Crippen molar-refractivity contribution in [1.29, 1.82) is 0 Å². The number of aliphatic hydroxyl groups excluding tert-OH is 1. The second-order valence-electron chi connectivity index (χ2n) is 6.89. The van der Waals surface area contributed by atoms with Crippen LogP contribution < -0.4 is 10.1 Å². The number of hydrogen-bond donors (Lipinski definition) is 2. The minimum atomic E-state index is -0.512. The number of ether oxygens (including phenoxy) is 1. The van der Waals surface area contributed by atoms with Gasteiger partial charge in [0.25, 0.3) is 0 Å². The van der Waals surface area contributed by atoms with Gasteiger partial charge in [0, 0.05) is 25.6 Å². The van der Waals surface area contributed by atoms with Crippen LogP contribution >= 0.6 is 0 Å². The largest absolute Gasteiger partial charge is 0.490 e. The molecule has 1 aromatic carbocycles. The van der Waals surface area contributed by atoms with E-state index >= 15 is 0 Å². The zero-order chi connectivity index (χ0) is 18.2. The molecule has 1 aliphatic heterocycles. The summed E-state index contributed by atoms with van der Waals surface area (Å²) in [6.07, 6.45) is 1.64. The van der Waals surface area contributed by atoms with Crippen LogP contribution in [0.4, 0.5) is 4.39 Å². The molecule has 0 saturated carbocycles. The second kappa shape index (κ2) is 9.73. The molecule has 6 heteroatoms. The average molecular weight is 352 g/mol. The number of nitrogens with one attached hydrogen (secondary N) is 1. The van der Waals surface area contributed by atoms with Gasteiger partial charge in [-0.2, -0.15) is 0 Å². The van der Waals surface area contributed by atoms with Crippen molar-refractivity contribution in [1.82, 2.24) is 10.2 Å². The zero-order valence-corrected chi connectivity index (χ0v) is 15.1. The first-order chi connectivity index (χ1) is 12.0. The van der Waals surface area contributed by atoms with Crippen LogP contribution in [0.15, 0.2) is 24.3 Å². The number of carbonyl (C=O) groups excluding carboxylic acids is 1. The topological polar surface area (TPSA) is 61.8 Å². The number of carbonyl (C=O) groups is 1. The summed E-state index contributed by atoms with van der Waals surface area (Å²) in [5.74, 6) is -0.160. The fourth-order valence-electron chi connectivity index (χ4n) is 2.92. The number of likely N-dealkylation sites (tertiary alicyclic amines) is 1. The monoisotopic (exact) mass is 352 g/mol. The van der Waals surface area contributed by atoms with Crippen molar-refractivity contribution in [3.8, 4) is 5.75 Å². The van der Waals surface area contributed by atoms with E-state index in [9.17, 15) is 14.3 Å². The molecule has 5 nitrogen and oxygen atoms in total. The normalized spacial score (nSPS) is 21.8. The molecule has 0 bridgehead atoms. The van der Waals surface area contributed by atoms with E-state index in [0.717, 1.165) is 32.5 Å². The molecule has 140 valence electrons. The van der Waals surface area contributed by atoms with E-state index in [2.05, 4.69) is 10.2 Å². The van der Waals surface area contributed by atoms with Crippen LogP contribution in [0.25, 0.3) is 0 Å². The van der Waals surface area contributed by atoms with Crippen LogP contribution in [0, 0.1) is 11.7 Å². The number of para-hydroxylation sites is 1. The maximum atomic E-state index is 13.5. The quantitative estimate of drug-likeness (QED) is 0.739. The Bertz CT molecular complexity index is 553. The number of aliphatic hydroxyl groups is 1. The zero-order valence-electron chi connectivity index (χ0n) is 15.1. The van der Waals surface area contributed by atoms with E-state index in [1.54, 1.807) is 18.2 Å². The van der Waals surface area contributed by atoms with Crippen LogP contribution in [0.2, 0.25) is 0 Å². The van der Waals surface area contributed by atoms with Gasteiger partial charge in [0.15, 0.2) is 11.6 Å². The van der Waals surface area contributed by atoms with Crippen molar-refractivity contribution in [2.24, 2.45) is 5.92 Å². The van der Waals surface area contributed by atoms with E-state index in [4.69, 9.17) is 4.74 Å². The molecule has 2 atom stereocenters. The van der Waals surface area contributed by atoms with Gasteiger partial charge in [-0.3, -0.25) is 4.79 Å². The molecular formula is C19H29FN2O3. The van der Waals surface area contributed by atoms with Gasteiger partial charge in [0.1, 0.15) is 0 Å². The van der Waals surface area contributed by atoms with Gasteiger partial charge in [0.05, 0.1) is 18.8 Å². The van der Waals surface area contributed by atoms with Crippen molar-refractivity contribution in [3.63, 3.8) is 0 Å². The fraction of sp³-hybridized carbons (Fsp3) is 0.632. The second-order valence-corrected chi connectivity index (χ2v) is 6.89. The number of halogens is 1. The van der Waals surface area contributed by atoms with Crippen LogP contribution in [-0.4, -0.2) is 54.3 Å². The Hall–Kier alpha value is -1.66. The van der Waals surface area contributed by atoms with Crippen molar-refractivity contribution < 1.29 is 19.0 Å². The molecule has 1 aromatic rings. The molecule has 1 fully saturated rings. The molecular weight excluding hydrogens is 323 g/mol. The summed E-state index contributed by atoms with van der Waals surface area (Å²) in [6.45, 7) is 6.58. The highest BCUT2D eigenvalue weighted by molar-refractivity contribution is 5.78. The maximum Gasteiger partial charge on any atom is 0.222 e. The Morgan fingerprint density at radius 2 is 2.08 bits per heavy atom. The third-order valence-electron chi connectivity index (χ3n) is 4.53. The third kappa shape index (κ3) is 6.29. The molecule has 0 aromatic heterocycles. The standard InChI is InChI=1S/C19H29FN2O3/c1-14(2)19(24)21-16-8-11-22(12-9-17(16)23)10-5-13-25-18-7-4-3-6-15(18)20/h3-4,6-7,14,16-17,23H,5,8-13H2,1-2H3,(H,21,24)/t16-,17-/m0/s1. The summed E-state index contributed by atoms with van der Waals surface area (Å²) >= 11 is 0. The molecule has 0 radical (unpaired) electrons. The van der Waals surface area contributed by atoms with E-state index in [-0.39, 0.29) is 29.4 Å². The lowest BCUT2D eigenvalue weighted by atomic mass is 10.1. The molecule has 0 spiro atoms. The first kappa shape index (κ1) is 19.7. The molecule has 2 N–H and O–H groups in total. The number of amides is 1. The summed E-state index contributed by atoms with van der Waals surface area (Å²) < 4.78 is 18.9. The number of benzene rings is 1. The highest BCUT2D eigenvalue weighted by Crippen LogP contribution is 2.16. The molecule has 2 rings (SSSR count). The highest BCUT2D eigenvalue weighted by atomic mass is 19.1. The Morgan fingerprint density at radius 3 is 2.80 bits per heavy atom. The number of rotatable bonds is 7. The average Bonchev–Trinajstić information content (AvgIpc) is 2.75. The van der Waals surface area contributed by atoms with E-state index in [1.165, 1.54) is 6.07 Å². The van der Waals surface area contributed by atoms with Crippen molar-refractivity contribution in [2.45, 2.75) is 45.3 Å². The summed E-state index contributed by atoms with van der Waals surface area (Å²) in [5, 5.41) is 13.2. The van der Waals surface area contributed by atoms with Crippen LogP contribution in [0.5, 0.6) is 5.75 Å². The van der Waals surface area contributed by atoms with E-state index < -0.39 is 6.10 Å². The lowest BCUT2D eigenvalue weighted by molar-refractivity contribution is -0.125. The third-order valence-corrected chi connectivity index (χ3v) is 4.53. The maximum absolute atomic E-state index is 13.5. The molecule has 1 amide bonds. The molecule has 1 heterocycles. The number of nitrogens with zero attached hydrogens (tertiary/aromatic N) is 1. The van der Waals surface area contributed by atoms with Crippen molar-refractivity contribution in [3.05, 3.63) is 30.1 Å². The summed E-state index contributed by atoms with van der Waals surface area (Å²) in [4.78, 5) is 14.1. The summed E-state index contributed by atoms with van der Waals surface area (Å²) in [7, 11) is 0. The fourth-order valence-corrected chi connectivity index (χ4v) is 2.92. The predicted octanol–water partition coefficient (Wildman–Crippen LogP) is 2.19. The van der Waals surface area contributed by atoms with Gasteiger partial charge in [-0.05, 0) is 31.4 Å². The molecule has 1 saturated heterocycles. The summed E-state index contributed by atoms with van der Waals surface area (Å²) in [6, 6.07) is 6.21. The predicted molar refractivity (Wildman–Crippen MR) is 95.0 cm³/mol. The Kier molecular flexibility index (Phi) is 7.65. The molecule has 0 unspecified atom stereocenters. The van der Waals surface area contributed by atoms with Crippen molar-refractivity contribution in [2.75, 3.05) is 26.2 Å². The number of hydrogen-bond acceptors (Lipinski definition) is 4. The van der Waals surface area contributed by atoms with Gasteiger partial charge in [-0.15, -0.1) is 0 Å².